The second-order valence-corrected chi connectivity index (χ2v) is 5.19. The normalized spacial score (nSPS) is 10.2. The van der Waals surface area contributed by atoms with Crippen LogP contribution in [0.15, 0.2) is 40.2 Å². The highest BCUT2D eigenvalue weighted by molar-refractivity contribution is 9.10. The monoisotopic (exact) mass is 311 g/mol. The van der Waals surface area contributed by atoms with Crippen molar-refractivity contribution < 1.29 is 9.53 Å². The Labute approximate surface area is 111 Å². The first-order chi connectivity index (χ1) is 8.18. The van der Waals surface area contributed by atoms with E-state index in [1.807, 2.05) is 17.5 Å². The molecule has 0 radical (unpaired) electrons. The van der Waals surface area contributed by atoms with E-state index in [4.69, 9.17) is 10.5 Å². The number of esters is 1. The van der Waals surface area contributed by atoms with Gasteiger partial charge < -0.3 is 10.5 Å². The molecule has 1 heterocycles. The van der Waals surface area contributed by atoms with Crippen molar-refractivity contribution in [2.45, 2.75) is 6.61 Å². The fourth-order valence-corrected chi connectivity index (χ4v) is 2.36. The molecule has 1 aromatic heterocycles. The molecule has 17 heavy (non-hydrogen) atoms. The van der Waals surface area contributed by atoms with E-state index < -0.39 is 0 Å². The number of ether oxygens (including phenoxy) is 1. The van der Waals surface area contributed by atoms with E-state index in [1.165, 1.54) is 0 Å². The molecule has 3 nitrogen and oxygen atoms in total. The van der Waals surface area contributed by atoms with Gasteiger partial charge in [0.25, 0.3) is 0 Å². The second-order valence-electron chi connectivity index (χ2n) is 3.36. The number of nitrogens with two attached hydrogens (primary N) is 1. The van der Waals surface area contributed by atoms with Crippen molar-refractivity contribution in [2.24, 2.45) is 0 Å². The molecule has 0 aliphatic carbocycles. The quantitative estimate of drug-likeness (QED) is 0.697. The fraction of sp³-hybridized carbons (Fsp3) is 0.0833. The molecule has 0 spiro atoms. The maximum atomic E-state index is 11.8. The predicted molar refractivity (Wildman–Crippen MR) is 72.0 cm³/mol. The lowest BCUT2D eigenvalue weighted by Gasteiger charge is -2.06. The first kappa shape index (κ1) is 12.1. The first-order valence-electron chi connectivity index (χ1n) is 4.92. The summed E-state index contributed by atoms with van der Waals surface area (Å²) in [7, 11) is 0. The third-order valence-corrected chi connectivity index (χ3v) is 3.91. The van der Waals surface area contributed by atoms with Crippen LogP contribution < -0.4 is 5.73 Å². The maximum Gasteiger partial charge on any atom is 0.339 e. The smallest absolute Gasteiger partial charge is 0.339 e. The highest BCUT2D eigenvalue weighted by Crippen LogP contribution is 2.24. The molecule has 1 aromatic carbocycles. The summed E-state index contributed by atoms with van der Waals surface area (Å²) in [6, 6.07) is 8.97. The first-order valence-corrected chi connectivity index (χ1v) is 6.59. The molecule has 0 amide bonds. The lowest BCUT2D eigenvalue weighted by Crippen LogP contribution is -2.06. The summed E-state index contributed by atoms with van der Waals surface area (Å²) < 4.78 is 5.77. The van der Waals surface area contributed by atoms with Gasteiger partial charge >= 0.3 is 5.97 Å². The molecule has 2 N–H and O–H groups in total. The minimum absolute atomic E-state index is 0.289. The molecular formula is C12H10BrNO2S. The van der Waals surface area contributed by atoms with Gasteiger partial charge in [-0.2, -0.15) is 0 Å². The zero-order valence-electron chi connectivity index (χ0n) is 8.85. The molecule has 2 aromatic rings. The van der Waals surface area contributed by atoms with Crippen LogP contribution in [0, 0.1) is 0 Å². The molecule has 0 atom stereocenters. The van der Waals surface area contributed by atoms with Gasteiger partial charge in [0, 0.05) is 10.6 Å². The van der Waals surface area contributed by atoms with Crippen LogP contribution in [0.1, 0.15) is 15.2 Å². The van der Waals surface area contributed by atoms with Gasteiger partial charge in [-0.05, 0) is 39.5 Å². The Morgan fingerprint density at radius 3 is 2.88 bits per heavy atom. The third-order valence-electron chi connectivity index (χ3n) is 2.17. The average Bonchev–Trinajstić information content (AvgIpc) is 2.82. The topological polar surface area (TPSA) is 52.3 Å². The summed E-state index contributed by atoms with van der Waals surface area (Å²) in [6.07, 6.45) is 0. The predicted octanol–water partition coefficient (Wildman–Crippen LogP) is 3.45. The molecule has 0 aliphatic rings. The van der Waals surface area contributed by atoms with Crippen molar-refractivity contribution in [1.29, 1.82) is 0 Å². The largest absolute Gasteiger partial charge is 0.456 e. The van der Waals surface area contributed by atoms with Gasteiger partial charge in [-0.1, -0.05) is 12.1 Å². The SMILES string of the molecule is Nc1cccc(C(=O)OCc2cccs2)c1Br. The van der Waals surface area contributed by atoms with Crippen molar-refractivity contribution in [3.05, 3.63) is 50.6 Å². The van der Waals surface area contributed by atoms with E-state index in [0.29, 0.717) is 15.7 Å². The van der Waals surface area contributed by atoms with E-state index in [9.17, 15) is 4.79 Å². The van der Waals surface area contributed by atoms with Crippen LogP contribution in [0.2, 0.25) is 0 Å². The Morgan fingerprint density at radius 2 is 2.18 bits per heavy atom. The molecule has 0 bridgehead atoms. The Balaban J connectivity index is 2.07. The molecule has 88 valence electrons. The molecular weight excluding hydrogens is 302 g/mol. The van der Waals surface area contributed by atoms with Crippen LogP contribution in [0.3, 0.4) is 0 Å². The van der Waals surface area contributed by atoms with E-state index in [2.05, 4.69) is 15.9 Å². The number of hydrogen-bond donors (Lipinski definition) is 1. The Morgan fingerprint density at radius 1 is 1.35 bits per heavy atom. The minimum atomic E-state index is -0.377. The van der Waals surface area contributed by atoms with E-state index in [1.54, 1.807) is 29.5 Å². The number of carbonyl (C=O) groups excluding carboxylic acids is 1. The number of nitrogen functional groups attached to an aromatic ring is 1. The number of anilines is 1. The third kappa shape index (κ3) is 2.87. The fourth-order valence-electron chi connectivity index (χ4n) is 1.32. The second kappa shape index (κ2) is 5.33. The summed E-state index contributed by atoms with van der Waals surface area (Å²) in [4.78, 5) is 12.8. The van der Waals surface area contributed by atoms with Crippen LogP contribution >= 0.6 is 27.3 Å². The lowest BCUT2D eigenvalue weighted by atomic mass is 10.2. The molecule has 0 fully saturated rings. The molecule has 0 aliphatic heterocycles. The van der Waals surface area contributed by atoms with Crippen molar-refractivity contribution in [2.75, 3.05) is 5.73 Å². The van der Waals surface area contributed by atoms with Gasteiger partial charge in [-0.25, -0.2) is 4.79 Å². The van der Waals surface area contributed by atoms with Gasteiger partial charge in [0.2, 0.25) is 0 Å². The van der Waals surface area contributed by atoms with Crippen LogP contribution in [-0.2, 0) is 11.3 Å². The number of halogens is 1. The summed E-state index contributed by atoms with van der Waals surface area (Å²) in [6.45, 7) is 0.289. The van der Waals surface area contributed by atoms with Gasteiger partial charge in [-0.15, -0.1) is 11.3 Å². The van der Waals surface area contributed by atoms with Crippen molar-refractivity contribution >= 4 is 38.9 Å². The molecule has 0 unspecified atom stereocenters. The van der Waals surface area contributed by atoms with Crippen molar-refractivity contribution in [3.63, 3.8) is 0 Å². The van der Waals surface area contributed by atoms with Crippen molar-refractivity contribution in [3.8, 4) is 0 Å². The minimum Gasteiger partial charge on any atom is -0.456 e. The highest BCUT2D eigenvalue weighted by Gasteiger charge is 2.13. The Bertz CT molecular complexity index is 525. The molecule has 2 rings (SSSR count). The van der Waals surface area contributed by atoms with Gasteiger partial charge in [-0.3, -0.25) is 0 Å². The summed E-state index contributed by atoms with van der Waals surface area (Å²) in [5, 5.41) is 1.94. The summed E-state index contributed by atoms with van der Waals surface area (Å²) in [5.41, 5.74) is 6.67. The van der Waals surface area contributed by atoms with Crippen LogP contribution in [0.4, 0.5) is 5.69 Å². The summed E-state index contributed by atoms with van der Waals surface area (Å²) in [5.74, 6) is -0.377. The number of rotatable bonds is 3. The zero-order chi connectivity index (χ0) is 12.3. The lowest BCUT2D eigenvalue weighted by molar-refractivity contribution is 0.0476. The number of benzene rings is 1. The van der Waals surface area contributed by atoms with Crippen LogP contribution in [-0.4, -0.2) is 5.97 Å². The Hall–Kier alpha value is -1.33. The molecule has 0 saturated heterocycles. The van der Waals surface area contributed by atoms with Crippen molar-refractivity contribution in [1.82, 2.24) is 0 Å². The average molecular weight is 312 g/mol. The van der Waals surface area contributed by atoms with Crippen LogP contribution in [0.25, 0.3) is 0 Å². The molecule has 0 saturated carbocycles. The number of hydrogen-bond acceptors (Lipinski definition) is 4. The van der Waals surface area contributed by atoms with Gasteiger partial charge in [0.15, 0.2) is 0 Å². The maximum absolute atomic E-state index is 11.8. The van der Waals surface area contributed by atoms with Gasteiger partial charge in [0.1, 0.15) is 6.61 Å². The standard InChI is InChI=1S/C12H10BrNO2S/c13-11-9(4-1-5-10(11)14)12(15)16-7-8-3-2-6-17-8/h1-6H,7,14H2. The number of thiophene rings is 1. The molecule has 5 heteroatoms. The van der Waals surface area contributed by atoms with E-state index in [0.717, 1.165) is 4.88 Å². The zero-order valence-corrected chi connectivity index (χ0v) is 11.3. The Kier molecular flexibility index (Phi) is 3.81. The van der Waals surface area contributed by atoms with Gasteiger partial charge in [0.05, 0.1) is 10.0 Å². The van der Waals surface area contributed by atoms with Crippen LogP contribution in [0.5, 0.6) is 0 Å². The van der Waals surface area contributed by atoms with E-state index >= 15 is 0 Å². The summed E-state index contributed by atoms with van der Waals surface area (Å²) >= 11 is 4.83. The van der Waals surface area contributed by atoms with E-state index in [-0.39, 0.29) is 12.6 Å². The number of carbonyl (C=O) groups is 1. The highest BCUT2D eigenvalue weighted by atomic mass is 79.9.